The van der Waals surface area contributed by atoms with Crippen molar-refractivity contribution in [2.24, 2.45) is 0 Å². The van der Waals surface area contributed by atoms with Crippen molar-refractivity contribution >= 4 is 87.2 Å². The van der Waals surface area contributed by atoms with Gasteiger partial charge in [-0.2, -0.15) is 0 Å². The quantitative estimate of drug-likeness (QED) is 0.127. The Labute approximate surface area is 588 Å². The van der Waals surface area contributed by atoms with E-state index in [1.165, 1.54) is 32.7 Å². The standard InChI is InChI=1S/C52H34N4.C42H26N4/c1-3-15-35(16-4-1)36-27-29-37(30-28-36)46-34-47(54-52(53-46)38-17-5-2-6-18-38)39-31-40(55-48-23-11-7-19-42(48)43-20-8-12-24-49(43)55)33-41(32-39)56-50-25-13-9-21-44(50)45-22-10-14-26-51(45)56;1-3-8-27(9-4-1)35-22-18-29-14-16-31-20-24-37(45-41(31)39(29)43-35)33-12-7-13-34(26-33)38-25-21-32-17-15-30-19-23-36(28-10-5-2-6-11-28)44-40(30)42(32)46-38/h1-34H;1-26H. The number of pyridine rings is 4. The summed E-state index contributed by atoms with van der Waals surface area (Å²) in [7, 11) is 0. The van der Waals surface area contributed by atoms with Crippen LogP contribution >= 0.6 is 0 Å². The number of para-hydroxylation sites is 4. The van der Waals surface area contributed by atoms with Gasteiger partial charge in [-0.05, 0) is 90.0 Å². The molecule has 20 aromatic rings. The number of rotatable bonds is 10. The Morgan fingerprint density at radius 1 is 0.167 bits per heavy atom. The summed E-state index contributed by atoms with van der Waals surface area (Å²) in [6.07, 6.45) is 0. The summed E-state index contributed by atoms with van der Waals surface area (Å²) in [5.74, 6) is 0.686. The molecular weight excluding hydrogens is 1240 g/mol. The Morgan fingerprint density at radius 3 is 0.843 bits per heavy atom. The highest BCUT2D eigenvalue weighted by Gasteiger charge is 2.21. The lowest BCUT2D eigenvalue weighted by Crippen LogP contribution is -2.01. The maximum atomic E-state index is 5.33. The van der Waals surface area contributed by atoms with E-state index in [0.29, 0.717) is 5.82 Å². The van der Waals surface area contributed by atoms with Crippen molar-refractivity contribution < 1.29 is 0 Å². The second kappa shape index (κ2) is 25.2. The highest BCUT2D eigenvalue weighted by Crippen LogP contribution is 2.40. The van der Waals surface area contributed by atoms with Gasteiger partial charge < -0.3 is 9.13 Å². The molecule has 0 bridgehead atoms. The minimum atomic E-state index is 0.686. The van der Waals surface area contributed by atoms with Gasteiger partial charge in [-0.3, -0.25) is 0 Å². The molecule has 0 spiro atoms. The molecule has 476 valence electrons. The lowest BCUT2D eigenvalue weighted by molar-refractivity contribution is 1.13. The Bertz CT molecular complexity index is 6190. The van der Waals surface area contributed by atoms with Crippen molar-refractivity contribution in [1.29, 1.82) is 0 Å². The summed E-state index contributed by atoms with van der Waals surface area (Å²) in [6, 6.07) is 128. The molecule has 0 saturated carbocycles. The number of fused-ring (bicyclic) bond motifs is 12. The molecule has 0 amide bonds. The monoisotopic (exact) mass is 1300 g/mol. The van der Waals surface area contributed by atoms with Crippen LogP contribution < -0.4 is 0 Å². The van der Waals surface area contributed by atoms with Crippen molar-refractivity contribution in [1.82, 2.24) is 39.0 Å². The third-order valence-corrected chi connectivity index (χ3v) is 19.6. The van der Waals surface area contributed by atoms with E-state index in [4.69, 9.17) is 29.9 Å². The zero-order valence-corrected chi connectivity index (χ0v) is 55.2. The summed E-state index contributed by atoms with van der Waals surface area (Å²) < 4.78 is 4.79. The second-order valence-electron chi connectivity index (χ2n) is 25.8. The molecule has 0 unspecified atom stereocenters. The first-order chi connectivity index (χ1) is 50.5. The minimum Gasteiger partial charge on any atom is -0.309 e. The van der Waals surface area contributed by atoms with Gasteiger partial charge >= 0.3 is 0 Å². The second-order valence-corrected chi connectivity index (χ2v) is 25.8. The first-order valence-electron chi connectivity index (χ1n) is 34.4. The van der Waals surface area contributed by atoms with Crippen LogP contribution in [0.3, 0.4) is 0 Å². The molecule has 7 heterocycles. The van der Waals surface area contributed by atoms with Gasteiger partial charge in [0, 0.05) is 93.4 Å². The molecule has 7 aromatic heterocycles. The van der Waals surface area contributed by atoms with Crippen molar-refractivity contribution in [3.05, 3.63) is 364 Å². The highest BCUT2D eigenvalue weighted by atomic mass is 15.0. The summed E-state index contributed by atoms with van der Waals surface area (Å²) in [5, 5.41) is 9.17. The SMILES string of the molecule is c1ccc(-c2ccc(-c3cc(-c4cc(-n5c6ccccc6c6ccccc65)cc(-n5c6ccccc6c6ccccc65)c4)nc(-c4ccccc4)n3)cc2)cc1.c1ccc(-c2ccc3ccc4ccc(-c5cccc(-c6ccc7ccc8ccc(-c9ccccc9)nc8c7n6)c5)nc4c3n2)cc1. The summed E-state index contributed by atoms with van der Waals surface area (Å²) >= 11 is 0. The fourth-order valence-corrected chi connectivity index (χ4v) is 14.6. The summed E-state index contributed by atoms with van der Waals surface area (Å²) in [4.78, 5) is 31.0. The molecule has 0 saturated heterocycles. The van der Waals surface area contributed by atoms with Crippen LogP contribution in [0, 0.1) is 0 Å². The van der Waals surface area contributed by atoms with Gasteiger partial charge in [-0.1, -0.05) is 285 Å². The van der Waals surface area contributed by atoms with Crippen molar-refractivity contribution in [3.63, 3.8) is 0 Å². The Kier molecular flexibility index (Phi) is 14.7. The smallest absolute Gasteiger partial charge is 0.160 e. The Morgan fingerprint density at radius 2 is 0.451 bits per heavy atom. The van der Waals surface area contributed by atoms with Crippen LogP contribution in [0.4, 0.5) is 0 Å². The average molecular weight is 1300 g/mol. The topological polar surface area (TPSA) is 87.2 Å². The predicted octanol–water partition coefficient (Wildman–Crippen LogP) is 23.9. The number of hydrogen-bond acceptors (Lipinski definition) is 6. The molecule has 20 rings (SSSR count). The maximum absolute atomic E-state index is 5.33. The maximum Gasteiger partial charge on any atom is 0.160 e. The van der Waals surface area contributed by atoms with Crippen LogP contribution in [0.15, 0.2) is 364 Å². The normalized spacial score (nSPS) is 11.5. The molecule has 0 fully saturated rings. The van der Waals surface area contributed by atoms with Crippen LogP contribution in [0.25, 0.3) is 189 Å². The molecule has 0 atom stereocenters. The average Bonchev–Trinajstić information content (AvgIpc) is 1.61. The van der Waals surface area contributed by atoms with Gasteiger partial charge in [0.15, 0.2) is 5.82 Å². The van der Waals surface area contributed by atoms with Crippen molar-refractivity contribution in [3.8, 4) is 101 Å². The first kappa shape index (κ1) is 59.4. The van der Waals surface area contributed by atoms with E-state index < -0.39 is 0 Å². The van der Waals surface area contributed by atoms with Crippen molar-refractivity contribution in [2.75, 3.05) is 0 Å². The van der Waals surface area contributed by atoms with Gasteiger partial charge in [-0.15, -0.1) is 0 Å². The number of benzene rings is 13. The summed E-state index contributed by atoms with van der Waals surface area (Å²) in [6.45, 7) is 0. The number of aromatic nitrogens is 8. The largest absolute Gasteiger partial charge is 0.309 e. The fourth-order valence-electron chi connectivity index (χ4n) is 14.6. The Balaban J connectivity index is 0.000000144. The predicted molar refractivity (Wildman–Crippen MR) is 422 cm³/mol. The van der Waals surface area contributed by atoms with Gasteiger partial charge in [0.1, 0.15) is 0 Å². The van der Waals surface area contributed by atoms with Crippen LogP contribution in [-0.2, 0) is 0 Å². The Hall–Kier alpha value is -13.8. The third-order valence-electron chi connectivity index (χ3n) is 19.6. The molecule has 8 nitrogen and oxygen atoms in total. The van der Waals surface area contributed by atoms with Crippen LogP contribution in [0.2, 0.25) is 0 Å². The van der Waals surface area contributed by atoms with E-state index in [1.807, 2.05) is 60.7 Å². The van der Waals surface area contributed by atoms with E-state index in [1.54, 1.807) is 0 Å². The molecule has 102 heavy (non-hydrogen) atoms. The van der Waals surface area contributed by atoms with E-state index in [-0.39, 0.29) is 0 Å². The molecular formula is C94H60N8. The van der Waals surface area contributed by atoms with Crippen LogP contribution in [-0.4, -0.2) is 39.0 Å². The molecule has 8 heteroatoms. The first-order valence-corrected chi connectivity index (χ1v) is 34.4. The van der Waals surface area contributed by atoms with Gasteiger partial charge in [0.2, 0.25) is 0 Å². The highest BCUT2D eigenvalue weighted by molar-refractivity contribution is 6.11. The minimum absolute atomic E-state index is 0.686. The van der Waals surface area contributed by atoms with E-state index >= 15 is 0 Å². The lowest BCUT2D eigenvalue weighted by Gasteiger charge is -2.16. The van der Waals surface area contributed by atoms with Gasteiger partial charge in [0.25, 0.3) is 0 Å². The molecule has 0 radical (unpaired) electrons. The molecule has 13 aromatic carbocycles. The lowest BCUT2D eigenvalue weighted by atomic mass is 10.0. The zero-order chi connectivity index (χ0) is 67.5. The third kappa shape index (κ3) is 10.8. The molecule has 0 aliphatic rings. The van der Waals surface area contributed by atoms with E-state index in [2.05, 4.69) is 312 Å². The van der Waals surface area contributed by atoms with Gasteiger partial charge in [0.05, 0.1) is 78.3 Å². The van der Waals surface area contributed by atoms with Crippen LogP contribution in [0.1, 0.15) is 0 Å². The van der Waals surface area contributed by atoms with E-state index in [9.17, 15) is 0 Å². The van der Waals surface area contributed by atoms with Crippen molar-refractivity contribution in [2.45, 2.75) is 0 Å². The van der Waals surface area contributed by atoms with E-state index in [0.717, 1.165) is 150 Å². The molecule has 0 N–H and O–H groups in total. The zero-order valence-electron chi connectivity index (χ0n) is 55.2. The molecule has 0 aliphatic heterocycles. The molecule has 0 aliphatic carbocycles. The fraction of sp³-hybridized carbons (Fsp3) is 0. The summed E-state index contributed by atoms with van der Waals surface area (Å²) in [5.41, 5.74) is 25.4. The number of nitrogens with zero attached hydrogens (tertiary/aromatic N) is 8. The van der Waals surface area contributed by atoms with Gasteiger partial charge in [-0.25, -0.2) is 29.9 Å². The number of hydrogen-bond donors (Lipinski definition) is 0. The van der Waals surface area contributed by atoms with Crippen LogP contribution in [0.5, 0.6) is 0 Å².